The molecule has 1 aromatic heterocycles. The molecule has 0 radical (unpaired) electrons. The Morgan fingerprint density at radius 3 is 2.89 bits per heavy atom. The number of aryl methyl sites for hydroxylation is 2. The zero-order chi connectivity index (χ0) is 13.9. The van der Waals surface area contributed by atoms with Gasteiger partial charge in [-0.25, -0.2) is 8.42 Å². The quantitative estimate of drug-likeness (QED) is 0.838. The third-order valence-electron chi connectivity index (χ3n) is 3.81. The second-order valence-electron chi connectivity index (χ2n) is 5.39. The second kappa shape index (κ2) is 6.05. The Kier molecular flexibility index (Phi) is 4.62. The van der Waals surface area contributed by atoms with Gasteiger partial charge in [-0.3, -0.25) is 4.68 Å². The van der Waals surface area contributed by atoms with Gasteiger partial charge in [0.15, 0.2) is 9.84 Å². The van der Waals surface area contributed by atoms with Crippen LogP contribution in [0.25, 0.3) is 0 Å². The SMILES string of the molecule is CCNC(CCc1cnn(C)c1)C1CCS(=O)(=O)C1. The van der Waals surface area contributed by atoms with Crippen LogP contribution in [0.4, 0.5) is 0 Å². The lowest BCUT2D eigenvalue weighted by atomic mass is 9.94. The molecule has 1 saturated heterocycles. The maximum absolute atomic E-state index is 11.6. The van der Waals surface area contributed by atoms with Crippen molar-refractivity contribution in [2.75, 3.05) is 18.1 Å². The molecule has 1 fully saturated rings. The van der Waals surface area contributed by atoms with Crippen molar-refractivity contribution in [3.05, 3.63) is 18.0 Å². The van der Waals surface area contributed by atoms with E-state index in [1.54, 1.807) is 4.68 Å². The fourth-order valence-electron chi connectivity index (χ4n) is 2.83. The molecule has 0 aromatic carbocycles. The van der Waals surface area contributed by atoms with Crippen molar-refractivity contribution < 1.29 is 8.42 Å². The Labute approximate surface area is 115 Å². The molecule has 1 aliphatic heterocycles. The molecular weight excluding hydrogens is 262 g/mol. The predicted octanol–water partition coefficient (Wildman–Crippen LogP) is 0.766. The molecule has 2 atom stereocenters. The highest BCUT2D eigenvalue weighted by Gasteiger charge is 2.33. The van der Waals surface area contributed by atoms with Gasteiger partial charge in [0.25, 0.3) is 0 Å². The number of rotatable bonds is 6. The highest BCUT2D eigenvalue weighted by Crippen LogP contribution is 2.24. The molecule has 1 aromatic rings. The highest BCUT2D eigenvalue weighted by molar-refractivity contribution is 7.91. The minimum atomic E-state index is -2.79. The van der Waals surface area contributed by atoms with Crippen molar-refractivity contribution in [1.29, 1.82) is 0 Å². The summed E-state index contributed by atoms with van der Waals surface area (Å²) in [4.78, 5) is 0. The Bertz CT molecular complexity index is 510. The van der Waals surface area contributed by atoms with Gasteiger partial charge in [-0.2, -0.15) is 5.10 Å². The summed E-state index contributed by atoms with van der Waals surface area (Å²) in [6, 6.07) is 0.294. The largest absolute Gasteiger partial charge is 0.314 e. The molecule has 19 heavy (non-hydrogen) atoms. The van der Waals surface area contributed by atoms with Crippen LogP contribution in [0.15, 0.2) is 12.4 Å². The van der Waals surface area contributed by atoms with Crippen LogP contribution < -0.4 is 5.32 Å². The van der Waals surface area contributed by atoms with Gasteiger partial charge in [0.05, 0.1) is 17.7 Å². The van der Waals surface area contributed by atoms with E-state index >= 15 is 0 Å². The van der Waals surface area contributed by atoms with Crippen molar-refractivity contribution in [3.8, 4) is 0 Å². The summed E-state index contributed by atoms with van der Waals surface area (Å²) in [6.45, 7) is 2.95. The Hall–Kier alpha value is -0.880. The Morgan fingerprint density at radius 1 is 1.58 bits per heavy atom. The summed E-state index contributed by atoms with van der Waals surface area (Å²) < 4.78 is 25.0. The van der Waals surface area contributed by atoms with Crippen molar-refractivity contribution in [1.82, 2.24) is 15.1 Å². The molecule has 6 heteroatoms. The molecule has 2 unspecified atom stereocenters. The number of hydrogen-bond acceptors (Lipinski definition) is 4. The van der Waals surface area contributed by atoms with E-state index in [9.17, 15) is 8.42 Å². The number of hydrogen-bond donors (Lipinski definition) is 1. The fraction of sp³-hybridized carbons (Fsp3) is 0.769. The first-order chi connectivity index (χ1) is 9.00. The topological polar surface area (TPSA) is 64.0 Å². The lowest BCUT2D eigenvalue weighted by Crippen LogP contribution is -2.37. The summed E-state index contributed by atoms with van der Waals surface area (Å²) in [7, 11) is -0.883. The smallest absolute Gasteiger partial charge is 0.150 e. The van der Waals surface area contributed by atoms with Gasteiger partial charge in [0.1, 0.15) is 0 Å². The predicted molar refractivity (Wildman–Crippen MR) is 75.8 cm³/mol. The van der Waals surface area contributed by atoms with E-state index in [2.05, 4.69) is 17.3 Å². The average Bonchev–Trinajstić information content (AvgIpc) is 2.91. The van der Waals surface area contributed by atoms with Gasteiger partial charge < -0.3 is 5.32 Å². The normalized spacial score (nSPS) is 23.6. The lowest BCUT2D eigenvalue weighted by Gasteiger charge is -2.23. The molecule has 0 aliphatic carbocycles. The molecule has 2 rings (SSSR count). The summed E-state index contributed by atoms with van der Waals surface area (Å²) in [6.07, 6.45) is 6.62. The first-order valence-electron chi connectivity index (χ1n) is 6.91. The van der Waals surface area contributed by atoms with Crippen LogP contribution in [-0.2, 0) is 23.3 Å². The summed E-state index contributed by atoms with van der Waals surface area (Å²) in [5.74, 6) is 0.964. The molecule has 108 valence electrons. The highest BCUT2D eigenvalue weighted by atomic mass is 32.2. The fourth-order valence-corrected chi connectivity index (χ4v) is 4.71. The molecule has 2 heterocycles. The van der Waals surface area contributed by atoms with Crippen molar-refractivity contribution in [3.63, 3.8) is 0 Å². The number of aromatic nitrogens is 2. The van der Waals surface area contributed by atoms with Crippen LogP contribution in [0.1, 0.15) is 25.3 Å². The van der Waals surface area contributed by atoms with Crippen molar-refractivity contribution in [2.45, 2.75) is 32.2 Å². The Balaban J connectivity index is 1.93. The van der Waals surface area contributed by atoms with E-state index in [1.165, 1.54) is 5.56 Å². The van der Waals surface area contributed by atoms with E-state index < -0.39 is 9.84 Å². The third-order valence-corrected chi connectivity index (χ3v) is 5.60. The monoisotopic (exact) mass is 285 g/mol. The molecule has 0 saturated carbocycles. The third kappa shape index (κ3) is 4.04. The van der Waals surface area contributed by atoms with Crippen molar-refractivity contribution >= 4 is 9.84 Å². The second-order valence-corrected chi connectivity index (χ2v) is 7.62. The Morgan fingerprint density at radius 2 is 2.37 bits per heavy atom. The van der Waals surface area contributed by atoms with Gasteiger partial charge in [-0.05, 0) is 37.3 Å². The molecular formula is C13H23N3O2S. The average molecular weight is 285 g/mol. The maximum atomic E-state index is 11.6. The molecule has 0 spiro atoms. The van der Waals surface area contributed by atoms with Gasteiger partial charge in [-0.1, -0.05) is 6.92 Å². The van der Waals surface area contributed by atoms with E-state index in [1.807, 2.05) is 19.4 Å². The van der Waals surface area contributed by atoms with Crippen LogP contribution in [0.2, 0.25) is 0 Å². The molecule has 5 nitrogen and oxygen atoms in total. The molecule has 1 aliphatic rings. The van der Waals surface area contributed by atoms with Gasteiger partial charge in [0, 0.05) is 19.3 Å². The summed E-state index contributed by atoms with van der Waals surface area (Å²) in [5.41, 5.74) is 1.21. The van der Waals surface area contributed by atoms with Crippen LogP contribution in [0.3, 0.4) is 0 Å². The number of nitrogens with one attached hydrogen (secondary N) is 1. The van der Waals surface area contributed by atoms with Crippen LogP contribution >= 0.6 is 0 Å². The summed E-state index contributed by atoms with van der Waals surface area (Å²) >= 11 is 0. The first kappa shape index (κ1) is 14.5. The van der Waals surface area contributed by atoms with Gasteiger partial charge in [-0.15, -0.1) is 0 Å². The molecule has 1 N–H and O–H groups in total. The van der Waals surface area contributed by atoms with E-state index in [4.69, 9.17) is 0 Å². The van der Waals surface area contributed by atoms with Crippen LogP contribution in [-0.4, -0.2) is 42.3 Å². The van der Waals surface area contributed by atoms with Crippen molar-refractivity contribution in [2.24, 2.45) is 13.0 Å². The van der Waals surface area contributed by atoms with Crippen LogP contribution in [0.5, 0.6) is 0 Å². The molecule has 0 bridgehead atoms. The molecule has 0 amide bonds. The van der Waals surface area contributed by atoms with E-state index in [0.717, 1.165) is 25.8 Å². The number of nitrogens with zero attached hydrogens (tertiary/aromatic N) is 2. The minimum absolute atomic E-state index is 0.265. The zero-order valence-corrected chi connectivity index (χ0v) is 12.5. The number of sulfone groups is 1. The standard InChI is InChI=1S/C13H23N3O2S/c1-3-14-13(12-6-7-19(17,18)10-12)5-4-11-8-15-16(2)9-11/h8-9,12-14H,3-7,10H2,1-2H3. The summed E-state index contributed by atoms with van der Waals surface area (Å²) in [5, 5.41) is 7.61. The van der Waals surface area contributed by atoms with E-state index in [-0.39, 0.29) is 5.92 Å². The lowest BCUT2D eigenvalue weighted by molar-refractivity contribution is 0.368. The minimum Gasteiger partial charge on any atom is -0.314 e. The van der Waals surface area contributed by atoms with E-state index in [0.29, 0.717) is 17.5 Å². The van der Waals surface area contributed by atoms with Gasteiger partial charge >= 0.3 is 0 Å². The van der Waals surface area contributed by atoms with Gasteiger partial charge in [0.2, 0.25) is 0 Å². The zero-order valence-electron chi connectivity index (χ0n) is 11.7. The first-order valence-corrected chi connectivity index (χ1v) is 8.73. The van der Waals surface area contributed by atoms with Crippen LogP contribution in [0, 0.1) is 5.92 Å². The maximum Gasteiger partial charge on any atom is 0.150 e.